The predicted octanol–water partition coefficient (Wildman–Crippen LogP) is 1.57. The monoisotopic (exact) mass is 236 g/mol. The summed E-state index contributed by atoms with van der Waals surface area (Å²) in [6.45, 7) is 0.384. The largest absolute Gasteiger partial charge is 0.494 e. The van der Waals surface area contributed by atoms with Crippen molar-refractivity contribution in [2.45, 2.75) is 13.2 Å². The maximum Gasteiger partial charge on any atom is 0.165 e. The molecule has 2 aromatic rings. The molecule has 0 spiro atoms. The van der Waals surface area contributed by atoms with Gasteiger partial charge in [-0.1, -0.05) is 6.07 Å². The van der Waals surface area contributed by atoms with Crippen molar-refractivity contribution in [2.75, 3.05) is 7.11 Å². The predicted molar refractivity (Wildman–Crippen MR) is 60.2 cm³/mol. The molecule has 1 heterocycles. The number of imidazole rings is 1. The van der Waals surface area contributed by atoms with Gasteiger partial charge in [0.25, 0.3) is 0 Å². The quantitative estimate of drug-likeness (QED) is 0.876. The summed E-state index contributed by atoms with van der Waals surface area (Å²) in [5.41, 5.74) is 1.48. The molecule has 0 atom stereocenters. The Morgan fingerprint density at radius 1 is 1.47 bits per heavy atom. The first-order valence-electron chi connectivity index (χ1n) is 5.17. The summed E-state index contributed by atoms with van der Waals surface area (Å²) in [4.78, 5) is 3.93. The molecule has 90 valence electrons. The molecule has 0 aliphatic rings. The highest BCUT2D eigenvalue weighted by Crippen LogP contribution is 2.18. The molecule has 1 aromatic carbocycles. The summed E-state index contributed by atoms with van der Waals surface area (Å²) >= 11 is 0. The molecule has 0 unspecified atom stereocenters. The summed E-state index contributed by atoms with van der Waals surface area (Å²) in [6, 6.07) is 4.78. The van der Waals surface area contributed by atoms with Crippen molar-refractivity contribution >= 4 is 0 Å². The summed E-state index contributed by atoms with van der Waals surface area (Å²) in [7, 11) is 1.43. The van der Waals surface area contributed by atoms with E-state index >= 15 is 0 Å². The van der Waals surface area contributed by atoms with Gasteiger partial charge in [-0.3, -0.25) is 0 Å². The van der Waals surface area contributed by atoms with E-state index in [0.717, 1.165) is 5.56 Å². The Balaban J connectivity index is 2.22. The second-order valence-corrected chi connectivity index (χ2v) is 3.64. The van der Waals surface area contributed by atoms with E-state index < -0.39 is 5.82 Å². The molecule has 0 saturated heterocycles. The lowest BCUT2D eigenvalue weighted by molar-refractivity contribution is 0.271. The van der Waals surface area contributed by atoms with Crippen LogP contribution in [0.15, 0.2) is 30.7 Å². The van der Waals surface area contributed by atoms with Crippen LogP contribution in [0.1, 0.15) is 11.3 Å². The van der Waals surface area contributed by atoms with Gasteiger partial charge in [0.2, 0.25) is 0 Å². The fraction of sp³-hybridized carbons (Fsp3) is 0.250. The van der Waals surface area contributed by atoms with Crippen LogP contribution >= 0.6 is 0 Å². The Hall–Kier alpha value is -1.88. The van der Waals surface area contributed by atoms with Gasteiger partial charge in [-0.2, -0.15) is 0 Å². The van der Waals surface area contributed by atoms with E-state index in [2.05, 4.69) is 4.98 Å². The van der Waals surface area contributed by atoms with E-state index in [-0.39, 0.29) is 12.4 Å². The second-order valence-electron chi connectivity index (χ2n) is 3.64. The van der Waals surface area contributed by atoms with Gasteiger partial charge >= 0.3 is 0 Å². The van der Waals surface area contributed by atoms with Gasteiger partial charge in [0.1, 0.15) is 0 Å². The Kier molecular flexibility index (Phi) is 3.39. The zero-order valence-electron chi connectivity index (χ0n) is 9.43. The molecule has 0 fully saturated rings. The normalized spacial score (nSPS) is 10.5. The highest BCUT2D eigenvalue weighted by Gasteiger charge is 2.06. The lowest BCUT2D eigenvalue weighted by Gasteiger charge is -2.08. The number of hydrogen-bond donors (Lipinski definition) is 1. The Morgan fingerprint density at radius 2 is 2.29 bits per heavy atom. The van der Waals surface area contributed by atoms with Gasteiger partial charge in [0.15, 0.2) is 11.6 Å². The first-order valence-corrected chi connectivity index (χ1v) is 5.17. The fourth-order valence-electron chi connectivity index (χ4n) is 1.63. The van der Waals surface area contributed by atoms with Crippen LogP contribution in [-0.4, -0.2) is 21.8 Å². The minimum Gasteiger partial charge on any atom is -0.494 e. The van der Waals surface area contributed by atoms with Gasteiger partial charge in [0.05, 0.1) is 31.9 Å². The molecular formula is C12H13FN2O2. The SMILES string of the molecule is COc1ccc(Cn2cncc2CO)cc1F. The molecule has 4 nitrogen and oxygen atoms in total. The Bertz CT molecular complexity index is 511. The molecule has 2 rings (SSSR count). The molecule has 17 heavy (non-hydrogen) atoms. The number of aliphatic hydroxyl groups is 1. The van der Waals surface area contributed by atoms with Gasteiger partial charge in [-0.15, -0.1) is 0 Å². The standard InChI is InChI=1S/C12H13FN2O2/c1-17-12-3-2-9(4-11(12)13)6-15-8-14-5-10(15)7-16/h2-5,8,16H,6-7H2,1H3. The number of aliphatic hydroxyl groups excluding tert-OH is 1. The van der Waals surface area contributed by atoms with Crippen LogP contribution in [0.3, 0.4) is 0 Å². The summed E-state index contributed by atoms with van der Waals surface area (Å²) in [5.74, 6) is -0.169. The van der Waals surface area contributed by atoms with Crippen molar-refractivity contribution in [3.8, 4) is 5.75 Å². The van der Waals surface area contributed by atoms with E-state index in [1.807, 2.05) is 0 Å². The number of nitrogens with zero attached hydrogens (tertiary/aromatic N) is 2. The summed E-state index contributed by atoms with van der Waals surface area (Å²) < 4.78 is 20.1. The fourth-order valence-corrected chi connectivity index (χ4v) is 1.63. The molecule has 0 amide bonds. The summed E-state index contributed by atoms with van der Waals surface area (Å²) in [5, 5.41) is 9.07. The minimum absolute atomic E-state index is 0.0847. The Morgan fingerprint density at radius 3 is 2.94 bits per heavy atom. The van der Waals surface area contributed by atoms with Crippen molar-refractivity contribution in [1.82, 2.24) is 9.55 Å². The maximum absolute atomic E-state index is 13.5. The topological polar surface area (TPSA) is 47.3 Å². The summed E-state index contributed by atoms with van der Waals surface area (Å²) in [6.07, 6.45) is 3.19. The van der Waals surface area contributed by atoms with Crippen molar-refractivity contribution < 1.29 is 14.2 Å². The van der Waals surface area contributed by atoms with Gasteiger partial charge in [0, 0.05) is 6.54 Å². The van der Waals surface area contributed by atoms with Crippen molar-refractivity contribution in [2.24, 2.45) is 0 Å². The van der Waals surface area contributed by atoms with Gasteiger partial charge in [-0.05, 0) is 17.7 Å². The zero-order valence-corrected chi connectivity index (χ0v) is 9.43. The van der Waals surface area contributed by atoms with Crippen LogP contribution in [0.5, 0.6) is 5.75 Å². The van der Waals surface area contributed by atoms with E-state index in [1.54, 1.807) is 29.2 Å². The van der Waals surface area contributed by atoms with Crippen LogP contribution in [0, 0.1) is 5.82 Å². The average Bonchev–Trinajstić information content (AvgIpc) is 2.76. The van der Waals surface area contributed by atoms with Crippen LogP contribution in [-0.2, 0) is 13.2 Å². The lowest BCUT2D eigenvalue weighted by Crippen LogP contribution is -2.03. The number of ether oxygens (including phenoxy) is 1. The third kappa shape index (κ3) is 2.45. The molecule has 5 heteroatoms. The van der Waals surface area contributed by atoms with E-state index in [9.17, 15) is 4.39 Å². The average molecular weight is 236 g/mol. The first kappa shape index (κ1) is 11.6. The molecule has 1 N–H and O–H groups in total. The highest BCUT2D eigenvalue weighted by atomic mass is 19.1. The molecule has 1 aromatic heterocycles. The third-order valence-corrected chi connectivity index (χ3v) is 2.53. The van der Waals surface area contributed by atoms with Crippen LogP contribution in [0.25, 0.3) is 0 Å². The number of rotatable bonds is 4. The molecular weight excluding hydrogens is 223 g/mol. The zero-order chi connectivity index (χ0) is 12.3. The van der Waals surface area contributed by atoms with Crippen molar-refractivity contribution in [1.29, 1.82) is 0 Å². The van der Waals surface area contributed by atoms with Crippen molar-refractivity contribution in [3.05, 3.63) is 47.8 Å². The van der Waals surface area contributed by atoms with Crippen LogP contribution < -0.4 is 4.74 Å². The molecule has 0 bridgehead atoms. The number of methoxy groups -OCH3 is 1. The number of halogens is 1. The van der Waals surface area contributed by atoms with Gasteiger partial charge in [-0.25, -0.2) is 9.37 Å². The van der Waals surface area contributed by atoms with Crippen molar-refractivity contribution in [3.63, 3.8) is 0 Å². The molecule has 0 saturated carbocycles. The van der Waals surface area contributed by atoms with E-state index in [0.29, 0.717) is 12.2 Å². The highest BCUT2D eigenvalue weighted by molar-refractivity contribution is 5.29. The third-order valence-electron chi connectivity index (χ3n) is 2.53. The van der Waals surface area contributed by atoms with Gasteiger partial charge < -0.3 is 14.4 Å². The Labute approximate surface area is 98.3 Å². The second kappa shape index (κ2) is 4.97. The van der Waals surface area contributed by atoms with E-state index in [1.165, 1.54) is 13.2 Å². The smallest absolute Gasteiger partial charge is 0.165 e. The maximum atomic E-state index is 13.5. The minimum atomic E-state index is -0.393. The van der Waals surface area contributed by atoms with Crippen LogP contribution in [0.4, 0.5) is 4.39 Å². The first-order chi connectivity index (χ1) is 8.24. The number of aromatic nitrogens is 2. The lowest BCUT2D eigenvalue weighted by atomic mass is 10.2. The molecule has 0 aliphatic heterocycles. The number of benzene rings is 1. The molecule has 0 radical (unpaired) electrons. The number of hydrogen-bond acceptors (Lipinski definition) is 3. The van der Waals surface area contributed by atoms with Crippen LogP contribution in [0.2, 0.25) is 0 Å². The van der Waals surface area contributed by atoms with E-state index in [4.69, 9.17) is 9.84 Å². The molecule has 0 aliphatic carbocycles.